The van der Waals surface area contributed by atoms with Crippen molar-refractivity contribution in [1.29, 1.82) is 0 Å². The Hall–Kier alpha value is -0.510. The molecule has 0 saturated heterocycles. The van der Waals surface area contributed by atoms with Crippen molar-refractivity contribution in [3.8, 4) is 0 Å². The Balaban J connectivity index is 2.14. The Kier molecular flexibility index (Phi) is 2.32. The maximum Gasteiger partial charge on any atom is 0.136 e. The van der Waals surface area contributed by atoms with Gasteiger partial charge in [-0.2, -0.15) is 5.10 Å². The molecule has 0 unspecified atom stereocenters. The number of halogens is 1. The van der Waals surface area contributed by atoms with Crippen LogP contribution in [0, 0.1) is 12.8 Å². The summed E-state index contributed by atoms with van der Waals surface area (Å²) in [6, 6.07) is 0. The van der Waals surface area contributed by atoms with E-state index in [1.54, 1.807) is 0 Å². The Labute approximate surface area is 86.4 Å². The molecule has 0 aliphatic heterocycles. The standard InChI is InChI=1S/C9H14BrN3/c1-6-8(10)9(11)13(12-6)5-7-3-2-4-7/h7H,2-5,11H2,1H3. The predicted molar refractivity (Wildman–Crippen MR) is 56.4 cm³/mol. The molecule has 0 aromatic carbocycles. The molecular weight excluding hydrogens is 230 g/mol. The Morgan fingerprint density at radius 1 is 1.62 bits per heavy atom. The second-order valence-corrected chi connectivity index (χ2v) is 4.56. The first kappa shape index (κ1) is 9.06. The van der Waals surface area contributed by atoms with Gasteiger partial charge in [0, 0.05) is 6.54 Å². The fourth-order valence-electron chi connectivity index (χ4n) is 1.64. The van der Waals surface area contributed by atoms with Crippen molar-refractivity contribution in [2.75, 3.05) is 5.73 Å². The first-order chi connectivity index (χ1) is 6.18. The van der Waals surface area contributed by atoms with Crippen LogP contribution in [0.4, 0.5) is 5.82 Å². The number of hydrogen-bond acceptors (Lipinski definition) is 2. The van der Waals surface area contributed by atoms with E-state index in [2.05, 4.69) is 21.0 Å². The molecule has 0 spiro atoms. The maximum atomic E-state index is 5.88. The lowest BCUT2D eigenvalue weighted by Gasteiger charge is -2.25. The largest absolute Gasteiger partial charge is 0.383 e. The lowest BCUT2D eigenvalue weighted by Crippen LogP contribution is -2.19. The number of anilines is 1. The van der Waals surface area contributed by atoms with Crippen molar-refractivity contribution in [2.45, 2.75) is 32.7 Å². The van der Waals surface area contributed by atoms with E-state index in [0.29, 0.717) is 0 Å². The number of aryl methyl sites for hydroxylation is 1. The highest BCUT2D eigenvalue weighted by atomic mass is 79.9. The average molecular weight is 244 g/mol. The molecule has 0 bridgehead atoms. The van der Waals surface area contributed by atoms with Gasteiger partial charge >= 0.3 is 0 Å². The van der Waals surface area contributed by atoms with Gasteiger partial charge in [-0.3, -0.25) is 0 Å². The van der Waals surface area contributed by atoms with Crippen molar-refractivity contribution in [2.24, 2.45) is 5.92 Å². The van der Waals surface area contributed by atoms with Gasteiger partial charge in [0.15, 0.2) is 0 Å². The van der Waals surface area contributed by atoms with Crippen LogP contribution >= 0.6 is 15.9 Å². The van der Waals surface area contributed by atoms with E-state index in [4.69, 9.17) is 5.73 Å². The zero-order valence-electron chi connectivity index (χ0n) is 7.76. The average Bonchev–Trinajstić information content (AvgIpc) is 2.26. The first-order valence-electron chi connectivity index (χ1n) is 4.67. The fraction of sp³-hybridized carbons (Fsp3) is 0.667. The Bertz CT molecular complexity index is 315. The summed E-state index contributed by atoms with van der Waals surface area (Å²) in [5.74, 6) is 1.57. The summed E-state index contributed by atoms with van der Waals surface area (Å²) >= 11 is 3.42. The first-order valence-corrected chi connectivity index (χ1v) is 5.46. The van der Waals surface area contributed by atoms with E-state index in [0.717, 1.165) is 28.4 Å². The number of nitrogens with zero attached hydrogens (tertiary/aromatic N) is 2. The summed E-state index contributed by atoms with van der Waals surface area (Å²) in [6.45, 7) is 2.95. The minimum Gasteiger partial charge on any atom is -0.383 e. The Morgan fingerprint density at radius 3 is 2.69 bits per heavy atom. The third-order valence-corrected chi connectivity index (χ3v) is 3.73. The second-order valence-electron chi connectivity index (χ2n) is 3.76. The molecular formula is C9H14BrN3. The van der Waals surface area contributed by atoms with Crippen molar-refractivity contribution >= 4 is 21.7 Å². The topological polar surface area (TPSA) is 43.8 Å². The van der Waals surface area contributed by atoms with Crippen LogP contribution in [0.15, 0.2) is 4.47 Å². The second kappa shape index (κ2) is 3.33. The molecule has 1 aliphatic rings. The van der Waals surface area contributed by atoms with Gasteiger partial charge in [0.25, 0.3) is 0 Å². The highest BCUT2D eigenvalue weighted by Gasteiger charge is 2.20. The van der Waals surface area contributed by atoms with Gasteiger partial charge in [-0.05, 0) is 41.6 Å². The van der Waals surface area contributed by atoms with Crippen LogP contribution in [-0.4, -0.2) is 9.78 Å². The summed E-state index contributed by atoms with van der Waals surface area (Å²) in [5, 5.41) is 4.38. The zero-order valence-corrected chi connectivity index (χ0v) is 9.34. The van der Waals surface area contributed by atoms with Crippen LogP contribution in [0.25, 0.3) is 0 Å². The molecule has 0 amide bonds. The van der Waals surface area contributed by atoms with Gasteiger partial charge in [0.2, 0.25) is 0 Å². The van der Waals surface area contributed by atoms with Gasteiger partial charge in [0.1, 0.15) is 5.82 Å². The highest BCUT2D eigenvalue weighted by molar-refractivity contribution is 9.10. The van der Waals surface area contributed by atoms with E-state index in [9.17, 15) is 0 Å². The van der Waals surface area contributed by atoms with E-state index < -0.39 is 0 Å². The molecule has 2 rings (SSSR count). The Morgan fingerprint density at radius 2 is 2.31 bits per heavy atom. The van der Waals surface area contributed by atoms with Crippen LogP contribution < -0.4 is 5.73 Å². The van der Waals surface area contributed by atoms with Gasteiger partial charge in [-0.25, -0.2) is 4.68 Å². The molecule has 1 saturated carbocycles. The molecule has 1 aliphatic carbocycles. The molecule has 1 fully saturated rings. The molecule has 3 nitrogen and oxygen atoms in total. The maximum absolute atomic E-state index is 5.88. The van der Waals surface area contributed by atoms with E-state index >= 15 is 0 Å². The minimum atomic E-state index is 0.768. The van der Waals surface area contributed by atoms with Crippen molar-refractivity contribution in [1.82, 2.24) is 9.78 Å². The SMILES string of the molecule is Cc1nn(CC2CCC2)c(N)c1Br. The van der Waals surface area contributed by atoms with Crippen molar-refractivity contribution < 1.29 is 0 Å². The number of nitrogens with two attached hydrogens (primary N) is 1. The van der Waals surface area contributed by atoms with Gasteiger partial charge < -0.3 is 5.73 Å². The number of hydrogen-bond donors (Lipinski definition) is 1. The summed E-state index contributed by atoms with van der Waals surface area (Å²) < 4.78 is 2.87. The normalized spacial score (nSPS) is 17.4. The van der Waals surface area contributed by atoms with Gasteiger partial charge in [-0.1, -0.05) is 6.42 Å². The lowest BCUT2D eigenvalue weighted by molar-refractivity contribution is 0.268. The van der Waals surface area contributed by atoms with E-state index in [1.165, 1.54) is 19.3 Å². The van der Waals surface area contributed by atoms with Gasteiger partial charge in [0.05, 0.1) is 10.2 Å². The van der Waals surface area contributed by atoms with E-state index in [1.807, 2.05) is 11.6 Å². The smallest absolute Gasteiger partial charge is 0.136 e. The number of rotatable bonds is 2. The van der Waals surface area contributed by atoms with Gasteiger partial charge in [-0.15, -0.1) is 0 Å². The molecule has 1 heterocycles. The molecule has 2 N–H and O–H groups in total. The fourth-order valence-corrected chi connectivity index (χ4v) is 1.92. The molecule has 1 aromatic heterocycles. The molecule has 13 heavy (non-hydrogen) atoms. The minimum absolute atomic E-state index is 0.768. The summed E-state index contributed by atoms with van der Waals surface area (Å²) in [4.78, 5) is 0. The zero-order chi connectivity index (χ0) is 9.42. The summed E-state index contributed by atoms with van der Waals surface area (Å²) in [5.41, 5.74) is 6.87. The molecule has 1 aromatic rings. The van der Waals surface area contributed by atoms with Crippen LogP contribution in [0.1, 0.15) is 25.0 Å². The van der Waals surface area contributed by atoms with E-state index in [-0.39, 0.29) is 0 Å². The molecule has 72 valence electrons. The molecule has 0 atom stereocenters. The lowest BCUT2D eigenvalue weighted by atomic mass is 9.85. The summed E-state index contributed by atoms with van der Waals surface area (Å²) in [7, 11) is 0. The van der Waals surface area contributed by atoms with Crippen LogP contribution in [0.5, 0.6) is 0 Å². The van der Waals surface area contributed by atoms with Crippen LogP contribution in [-0.2, 0) is 6.54 Å². The quantitative estimate of drug-likeness (QED) is 0.867. The number of nitrogen functional groups attached to an aromatic ring is 1. The summed E-state index contributed by atoms with van der Waals surface area (Å²) in [6.07, 6.45) is 4.03. The third-order valence-electron chi connectivity index (χ3n) is 2.75. The molecule has 0 radical (unpaired) electrons. The predicted octanol–water partition coefficient (Wildman–Crippen LogP) is 2.34. The highest BCUT2D eigenvalue weighted by Crippen LogP contribution is 2.30. The van der Waals surface area contributed by atoms with Crippen molar-refractivity contribution in [3.05, 3.63) is 10.2 Å². The third kappa shape index (κ3) is 1.59. The van der Waals surface area contributed by atoms with Crippen LogP contribution in [0.2, 0.25) is 0 Å². The monoisotopic (exact) mass is 243 g/mol. The van der Waals surface area contributed by atoms with Crippen LogP contribution in [0.3, 0.4) is 0 Å². The molecule has 4 heteroatoms. The number of aromatic nitrogens is 2. The van der Waals surface area contributed by atoms with Crippen molar-refractivity contribution in [3.63, 3.8) is 0 Å².